The second-order valence-corrected chi connectivity index (χ2v) is 12.4. The van der Waals surface area contributed by atoms with E-state index in [2.05, 4.69) is 63.5 Å². The third-order valence-electron chi connectivity index (χ3n) is 6.69. The van der Waals surface area contributed by atoms with Gasteiger partial charge in [-0.1, -0.05) is 55.7 Å². The molecule has 1 aromatic rings. The van der Waals surface area contributed by atoms with Gasteiger partial charge >= 0.3 is 0 Å². The molecule has 4 heteroatoms. The van der Waals surface area contributed by atoms with Crippen molar-refractivity contribution in [3.05, 3.63) is 68.8 Å². The molecule has 0 saturated carbocycles. The lowest BCUT2D eigenvalue weighted by molar-refractivity contribution is -0.105. The number of aryl methyl sites for hydroxylation is 2. The van der Waals surface area contributed by atoms with Gasteiger partial charge in [0.05, 0.1) is 5.70 Å². The van der Waals surface area contributed by atoms with E-state index in [1.165, 1.54) is 71.9 Å². The second kappa shape index (κ2) is 14.9. The number of nitrogens with one attached hydrogen (secondary N) is 1. The Balaban J connectivity index is 2.28. The van der Waals surface area contributed by atoms with Crippen LogP contribution >= 0.6 is 24.4 Å². The highest BCUT2D eigenvalue weighted by atomic mass is 32.2. The zero-order valence-corrected chi connectivity index (χ0v) is 23.7. The molecule has 1 N–H and O–H groups in total. The van der Waals surface area contributed by atoms with Crippen molar-refractivity contribution < 1.29 is 4.79 Å². The number of carbonyl (C=O) groups excluding carboxylic acids is 1. The van der Waals surface area contributed by atoms with Gasteiger partial charge in [-0.2, -0.15) is 12.6 Å². The molecule has 2 nitrogen and oxygen atoms in total. The van der Waals surface area contributed by atoms with Crippen LogP contribution in [0.2, 0.25) is 0 Å². The summed E-state index contributed by atoms with van der Waals surface area (Å²) in [6, 6.07) is 4.90. The standard InChI is InChI=1S/C30H45NOS2/c1-7-8-9-12-25-18-23(4)30(26-13-10-11-21(2)16-26)27(19-25)17-22(3)14-15-29(34-24(5)33)28(20-32)31-6/h16,18-20,24,26,31,33H,3,7-15,17H2,1-2,4-6H3/b29-28-. The fourth-order valence-corrected chi connectivity index (χ4v) is 6.36. The maximum atomic E-state index is 11.5. The summed E-state index contributed by atoms with van der Waals surface area (Å²) in [5.41, 5.74) is 9.30. The summed E-state index contributed by atoms with van der Waals surface area (Å²) >= 11 is 6.18. The van der Waals surface area contributed by atoms with E-state index >= 15 is 0 Å². The Bertz CT molecular complexity index is 897. The van der Waals surface area contributed by atoms with E-state index in [0.717, 1.165) is 36.9 Å². The quantitative estimate of drug-likeness (QED) is 0.0672. The minimum absolute atomic E-state index is 0.141. The van der Waals surface area contributed by atoms with Crippen molar-refractivity contribution in [2.24, 2.45) is 0 Å². The number of aldehydes is 1. The van der Waals surface area contributed by atoms with Gasteiger partial charge in [0.15, 0.2) is 6.29 Å². The highest BCUT2D eigenvalue weighted by Gasteiger charge is 2.20. The predicted octanol–water partition coefficient (Wildman–Crippen LogP) is 8.46. The van der Waals surface area contributed by atoms with Crippen molar-refractivity contribution in [2.75, 3.05) is 7.05 Å². The first-order valence-corrected chi connectivity index (χ1v) is 14.4. The normalized spacial score (nSPS) is 17.6. The van der Waals surface area contributed by atoms with E-state index in [1.807, 2.05) is 6.92 Å². The summed E-state index contributed by atoms with van der Waals surface area (Å²) in [5.74, 6) is 0.517. The van der Waals surface area contributed by atoms with Gasteiger partial charge < -0.3 is 5.32 Å². The third-order valence-corrected chi connectivity index (χ3v) is 8.06. The highest BCUT2D eigenvalue weighted by Crippen LogP contribution is 2.37. The number of hydrogen-bond acceptors (Lipinski definition) is 4. The van der Waals surface area contributed by atoms with Crippen LogP contribution in [0.3, 0.4) is 0 Å². The number of allylic oxidation sites excluding steroid dienone is 5. The molecule has 1 aliphatic carbocycles. The van der Waals surface area contributed by atoms with Crippen LogP contribution in [0.25, 0.3) is 0 Å². The van der Waals surface area contributed by atoms with Gasteiger partial charge in [0.2, 0.25) is 0 Å². The molecule has 0 bridgehead atoms. The molecule has 1 aliphatic rings. The van der Waals surface area contributed by atoms with Crippen LogP contribution in [0.5, 0.6) is 0 Å². The van der Waals surface area contributed by atoms with Gasteiger partial charge in [0, 0.05) is 22.5 Å². The number of likely N-dealkylation sites (N-methyl/N-ethyl adjacent to an activating group) is 1. The fourth-order valence-electron chi connectivity index (χ4n) is 5.07. The molecule has 2 atom stereocenters. The number of thioether (sulfide) groups is 1. The van der Waals surface area contributed by atoms with E-state index in [9.17, 15) is 4.79 Å². The molecule has 188 valence electrons. The van der Waals surface area contributed by atoms with Gasteiger partial charge in [-0.3, -0.25) is 4.79 Å². The topological polar surface area (TPSA) is 29.1 Å². The van der Waals surface area contributed by atoms with Crippen LogP contribution in [0.1, 0.15) is 100 Å². The van der Waals surface area contributed by atoms with Crippen LogP contribution in [0, 0.1) is 6.92 Å². The Morgan fingerprint density at radius 2 is 2.06 bits per heavy atom. The third kappa shape index (κ3) is 9.00. The average molecular weight is 500 g/mol. The lowest BCUT2D eigenvalue weighted by Gasteiger charge is -2.26. The van der Waals surface area contributed by atoms with Gasteiger partial charge in [0.25, 0.3) is 0 Å². The van der Waals surface area contributed by atoms with E-state index < -0.39 is 0 Å². The van der Waals surface area contributed by atoms with E-state index in [0.29, 0.717) is 11.6 Å². The van der Waals surface area contributed by atoms with E-state index in [-0.39, 0.29) is 4.58 Å². The Kier molecular flexibility index (Phi) is 12.6. The van der Waals surface area contributed by atoms with Crippen molar-refractivity contribution in [3.63, 3.8) is 0 Å². The van der Waals surface area contributed by atoms with E-state index in [4.69, 9.17) is 0 Å². The van der Waals surface area contributed by atoms with Crippen molar-refractivity contribution in [3.8, 4) is 0 Å². The first-order chi connectivity index (χ1) is 16.3. The van der Waals surface area contributed by atoms with Crippen molar-refractivity contribution in [1.29, 1.82) is 0 Å². The number of rotatable bonds is 14. The molecule has 0 heterocycles. The molecule has 1 aromatic carbocycles. The van der Waals surface area contributed by atoms with Crippen molar-refractivity contribution >= 4 is 30.7 Å². The highest BCUT2D eigenvalue weighted by molar-refractivity contribution is 8.12. The first-order valence-electron chi connectivity index (χ1n) is 13.0. The smallest absolute Gasteiger partial charge is 0.166 e. The molecule has 0 radical (unpaired) electrons. The summed E-state index contributed by atoms with van der Waals surface area (Å²) in [6.07, 6.45) is 14.7. The molecule has 0 fully saturated rings. The lowest BCUT2D eigenvalue weighted by atomic mass is 9.79. The first kappa shape index (κ1) is 28.8. The molecular formula is C30H45NOS2. The largest absolute Gasteiger partial charge is 0.385 e. The Morgan fingerprint density at radius 3 is 2.68 bits per heavy atom. The van der Waals surface area contributed by atoms with Crippen LogP contribution < -0.4 is 5.32 Å². The molecular weight excluding hydrogens is 454 g/mol. The Hall–Kier alpha value is -1.39. The lowest BCUT2D eigenvalue weighted by Crippen LogP contribution is -2.11. The molecule has 0 saturated heterocycles. The zero-order valence-electron chi connectivity index (χ0n) is 22.0. The van der Waals surface area contributed by atoms with Gasteiger partial charge in [-0.15, -0.1) is 11.8 Å². The van der Waals surface area contributed by atoms with Crippen LogP contribution in [0.4, 0.5) is 0 Å². The minimum atomic E-state index is 0.141. The summed E-state index contributed by atoms with van der Waals surface area (Å²) < 4.78 is 0.141. The van der Waals surface area contributed by atoms with Crippen LogP contribution in [-0.2, 0) is 17.6 Å². The molecule has 0 aliphatic heterocycles. The SMILES string of the molecule is C=C(CC/C(SC(C)S)=C(\C=O)NC)Cc1cc(CCCCC)cc(C)c1C1C=C(C)CCC1. The van der Waals surface area contributed by atoms with Crippen LogP contribution in [0.15, 0.2) is 46.5 Å². The summed E-state index contributed by atoms with van der Waals surface area (Å²) in [6.45, 7) is 13.4. The number of thiol groups is 1. The average Bonchev–Trinajstić information content (AvgIpc) is 2.78. The van der Waals surface area contributed by atoms with Gasteiger partial charge in [0.1, 0.15) is 0 Å². The number of unbranched alkanes of at least 4 members (excludes halogenated alkanes) is 2. The number of benzene rings is 1. The molecule has 2 unspecified atom stereocenters. The maximum Gasteiger partial charge on any atom is 0.166 e. The summed E-state index contributed by atoms with van der Waals surface area (Å²) in [7, 11) is 1.81. The van der Waals surface area contributed by atoms with Gasteiger partial charge in [-0.05, 0) is 94.4 Å². The summed E-state index contributed by atoms with van der Waals surface area (Å²) in [5, 5.41) is 3.05. The molecule has 2 rings (SSSR count). The van der Waals surface area contributed by atoms with E-state index in [1.54, 1.807) is 18.8 Å². The second-order valence-electron chi connectivity index (χ2n) is 9.80. The summed E-state index contributed by atoms with van der Waals surface area (Å²) in [4.78, 5) is 12.6. The molecule has 34 heavy (non-hydrogen) atoms. The Morgan fingerprint density at radius 1 is 1.29 bits per heavy atom. The Labute approximate surface area is 218 Å². The van der Waals surface area contributed by atoms with Gasteiger partial charge in [-0.25, -0.2) is 0 Å². The van der Waals surface area contributed by atoms with Crippen molar-refractivity contribution in [2.45, 2.75) is 102 Å². The van der Waals surface area contributed by atoms with Crippen molar-refractivity contribution in [1.82, 2.24) is 5.32 Å². The predicted molar refractivity (Wildman–Crippen MR) is 155 cm³/mol. The maximum absolute atomic E-state index is 11.5. The van der Waals surface area contributed by atoms with Crippen LogP contribution in [-0.4, -0.2) is 17.9 Å². The fraction of sp³-hybridized carbons (Fsp3) is 0.567. The monoisotopic (exact) mass is 499 g/mol. The molecule has 0 aromatic heterocycles. The molecule has 0 amide bonds. The number of carbonyl (C=O) groups is 1. The number of hydrogen-bond donors (Lipinski definition) is 2. The minimum Gasteiger partial charge on any atom is -0.385 e. The zero-order chi connectivity index (χ0) is 25.1. The molecule has 0 spiro atoms.